The maximum atomic E-state index is 12.1. The van der Waals surface area contributed by atoms with Gasteiger partial charge in [-0.1, -0.05) is 17.7 Å². The second kappa shape index (κ2) is 5.94. The number of carbonyl (C=O) groups excluding carboxylic acids is 1. The van der Waals surface area contributed by atoms with Crippen LogP contribution in [0.2, 0.25) is 5.02 Å². The van der Waals surface area contributed by atoms with Gasteiger partial charge in [0.2, 0.25) is 5.91 Å². The summed E-state index contributed by atoms with van der Waals surface area (Å²) in [5, 5.41) is 18.5. The molecule has 0 radical (unpaired) electrons. The zero-order valence-corrected chi connectivity index (χ0v) is 11.2. The summed E-state index contributed by atoms with van der Waals surface area (Å²) in [6.45, 7) is 1.23. The van der Waals surface area contributed by atoms with E-state index in [-0.39, 0.29) is 29.0 Å². The van der Waals surface area contributed by atoms with Crippen LogP contribution in [0, 0.1) is 17.2 Å². The van der Waals surface area contributed by atoms with Crippen molar-refractivity contribution in [3.63, 3.8) is 0 Å². The standard InChI is InChI=1S/C14H15ClN2O2/c15-12-6-10(3-4-13(12)18)7-14(19)17-5-1-2-11(8-16)9-17/h3-4,6,11,18H,1-2,5,7,9H2. The van der Waals surface area contributed by atoms with Crippen LogP contribution in [0.5, 0.6) is 5.75 Å². The Balaban J connectivity index is 2.00. The fourth-order valence-electron chi connectivity index (χ4n) is 2.26. The summed E-state index contributed by atoms with van der Waals surface area (Å²) in [5.41, 5.74) is 0.770. The molecule has 1 aromatic rings. The summed E-state index contributed by atoms with van der Waals surface area (Å²) in [4.78, 5) is 13.9. The summed E-state index contributed by atoms with van der Waals surface area (Å²) < 4.78 is 0. The Morgan fingerprint density at radius 2 is 2.37 bits per heavy atom. The summed E-state index contributed by atoms with van der Waals surface area (Å²) in [6.07, 6.45) is 1.99. The molecule has 0 bridgehead atoms. The largest absolute Gasteiger partial charge is 0.506 e. The van der Waals surface area contributed by atoms with E-state index in [2.05, 4.69) is 6.07 Å². The Bertz CT molecular complexity index is 525. The van der Waals surface area contributed by atoms with Gasteiger partial charge < -0.3 is 10.0 Å². The Hall–Kier alpha value is -1.73. The van der Waals surface area contributed by atoms with E-state index in [1.165, 1.54) is 6.07 Å². The molecule has 5 heteroatoms. The summed E-state index contributed by atoms with van der Waals surface area (Å²) in [5.74, 6) is -0.0387. The van der Waals surface area contributed by atoms with Crippen molar-refractivity contribution < 1.29 is 9.90 Å². The lowest BCUT2D eigenvalue weighted by atomic mass is 9.99. The van der Waals surface area contributed by atoms with Crippen LogP contribution >= 0.6 is 11.6 Å². The van der Waals surface area contributed by atoms with Gasteiger partial charge in [-0.3, -0.25) is 4.79 Å². The lowest BCUT2D eigenvalue weighted by Gasteiger charge is -2.29. The smallest absolute Gasteiger partial charge is 0.227 e. The van der Waals surface area contributed by atoms with E-state index in [9.17, 15) is 9.90 Å². The second-order valence-corrected chi connectivity index (χ2v) is 5.18. The van der Waals surface area contributed by atoms with E-state index < -0.39 is 0 Å². The normalized spacial score (nSPS) is 18.9. The molecule has 4 nitrogen and oxygen atoms in total. The number of carbonyl (C=O) groups is 1. The number of likely N-dealkylation sites (tertiary alicyclic amines) is 1. The van der Waals surface area contributed by atoms with Crippen molar-refractivity contribution in [2.45, 2.75) is 19.3 Å². The molecule has 19 heavy (non-hydrogen) atoms. The van der Waals surface area contributed by atoms with Crippen LogP contribution in [0.4, 0.5) is 0 Å². The van der Waals surface area contributed by atoms with Gasteiger partial charge in [-0.2, -0.15) is 5.26 Å². The molecule has 1 N–H and O–H groups in total. The summed E-state index contributed by atoms with van der Waals surface area (Å²) >= 11 is 5.81. The van der Waals surface area contributed by atoms with E-state index >= 15 is 0 Å². The first-order valence-corrected chi connectivity index (χ1v) is 6.62. The van der Waals surface area contributed by atoms with Gasteiger partial charge >= 0.3 is 0 Å². The van der Waals surface area contributed by atoms with Gasteiger partial charge in [0.1, 0.15) is 5.75 Å². The highest BCUT2D eigenvalue weighted by atomic mass is 35.5. The van der Waals surface area contributed by atoms with Gasteiger partial charge in [0.05, 0.1) is 23.4 Å². The summed E-state index contributed by atoms with van der Waals surface area (Å²) in [6, 6.07) is 6.99. The third-order valence-electron chi connectivity index (χ3n) is 3.32. The highest BCUT2D eigenvalue weighted by molar-refractivity contribution is 6.32. The predicted molar refractivity (Wildman–Crippen MR) is 71.7 cm³/mol. The Labute approximate surface area is 117 Å². The molecule has 2 rings (SSSR count). The molecule has 1 heterocycles. The minimum Gasteiger partial charge on any atom is -0.506 e. The van der Waals surface area contributed by atoms with Gasteiger partial charge in [-0.05, 0) is 30.5 Å². The maximum absolute atomic E-state index is 12.1. The summed E-state index contributed by atoms with van der Waals surface area (Å²) in [7, 11) is 0. The molecule has 0 spiro atoms. The molecule has 1 atom stereocenters. The molecule has 0 saturated carbocycles. The van der Waals surface area contributed by atoms with E-state index in [4.69, 9.17) is 16.9 Å². The third-order valence-corrected chi connectivity index (χ3v) is 3.63. The van der Waals surface area contributed by atoms with E-state index in [0.29, 0.717) is 13.1 Å². The highest BCUT2D eigenvalue weighted by Crippen LogP contribution is 2.24. The van der Waals surface area contributed by atoms with Crippen LogP contribution in [-0.4, -0.2) is 29.0 Å². The highest BCUT2D eigenvalue weighted by Gasteiger charge is 2.23. The van der Waals surface area contributed by atoms with Crippen molar-refractivity contribution in [1.82, 2.24) is 4.90 Å². The fraction of sp³-hybridized carbons (Fsp3) is 0.429. The van der Waals surface area contributed by atoms with Gasteiger partial charge in [0.25, 0.3) is 0 Å². The van der Waals surface area contributed by atoms with E-state index in [0.717, 1.165) is 18.4 Å². The molecule has 1 unspecified atom stereocenters. The molecule has 1 aliphatic rings. The van der Waals surface area contributed by atoms with E-state index in [1.54, 1.807) is 17.0 Å². The number of aromatic hydroxyl groups is 1. The zero-order valence-electron chi connectivity index (χ0n) is 10.5. The number of phenolic OH excluding ortho intramolecular Hbond substituents is 1. The number of nitrogens with zero attached hydrogens (tertiary/aromatic N) is 2. The molecule has 1 saturated heterocycles. The van der Waals surface area contributed by atoms with Crippen LogP contribution in [0.15, 0.2) is 18.2 Å². The fourth-order valence-corrected chi connectivity index (χ4v) is 2.46. The van der Waals surface area contributed by atoms with Gasteiger partial charge in [-0.15, -0.1) is 0 Å². The van der Waals surface area contributed by atoms with Crippen molar-refractivity contribution in [2.24, 2.45) is 5.92 Å². The van der Waals surface area contributed by atoms with Crippen molar-refractivity contribution in [1.29, 1.82) is 5.26 Å². The Morgan fingerprint density at radius 1 is 1.58 bits per heavy atom. The molecule has 100 valence electrons. The zero-order chi connectivity index (χ0) is 13.8. The van der Waals surface area contributed by atoms with Crippen molar-refractivity contribution in [3.8, 4) is 11.8 Å². The van der Waals surface area contributed by atoms with Crippen LogP contribution in [0.1, 0.15) is 18.4 Å². The molecule has 0 aliphatic carbocycles. The number of hydrogen-bond donors (Lipinski definition) is 1. The van der Waals surface area contributed by atoms with Crippen LogP contribution in [0.3, 0.4) is 0 Å². The maximum Gasteiger partial charge on any atom is 0.227 e. The van der Waals surface area contributed by atoms with Crippen LogP contribution < -0.4 is 0 Å². The number of hydrogen-bond acceptors (Lipinski definition) is 3. The Morgan fingerprint density at radius 3 is 3.05 bits per heavy atom. The minimum atomic E-state index is -0.0545. The Kier molecular flexibility index (Phi) is 4.28. The van der Waals surface area contributed by atoms with Crippen molar-refractivity contribution in [3.05, 3.63) is 28.8 Å². The van der Waals surface area contributed by atoms with Gasteiger partial charge in [0, 0.05) is 13.1 Å². The molecular formula is C14H15ClN2O2. The lowest BCUT2D eigenvalue weighted by molar-refractivity contribution is -0.131. The number of benzene rings is 1. The van der Waals surface area contributed by atoms with Gasteiger partial charge in [-0.25, -0.2) is 0 Å². The number of amides is 1. The first-order valence-electron chi connectivity index (χ1n) is 6.25. The number of phenols is 1. The first-order chi connectivity index (χ1) is 9.10. The molecule has 1 aliphatic heterocycles. The molecule has 1 amide bonds. The minimum absolute atomic E-state index is 0.00158. The van der Waals surface area contributed by atoms with Crippen LogP contribution in [-0.2, 0) is 11.2 Å². The average Bonchev–Trinajstić information content (AvgIpc) is 2.43. The van der Waals surface area contributed by atoms with Crippen LogP contribution in [0.25, 0.3) is 0 Å². The predicted octanol–water partition coefficient (Wildman–Crippen LogP) is 2.35. The quantitative estimate of drug-likeness (QED) is 0.903. The number of halogens is 1. The number of rotatable bonds is 2. The first kappa shape index (κ1) is 13.7. The average molecular weight is 279 g/mol. The third kappa shape index (κ3) is 3.39. The van der Waals surface area contributed by atoms with Crippen molar-refractivity contribution >= 4 is 17.5 Å². The number of nitriles is 1. The lowest BCUT2D eigenvalue weighted by Crippen LogP contribution is -2.40. The van der Waals surface area contributed by atoms with Crippen molar-refractivity contribution in [2.75, 3.05) is 13.1 Å². The topological polar surface area (TPSA) is 64.3 Å². The molecular weight excluding hydrogens is 264 g/mol. The number of piperidine rings is 1. The monoisotopic (exact) mass is 278 g/mol. The second-order valence-electron chi connectivity index (χ2n) is 4.77. The SMILES string of the molecule is N#CC1CCCN(C(=O)Cc2ccc(O)c(Cl)c2)C1. The molecule has 1 fully saturated rings. The van der Waals surface area contributed by atoms with E-state index in [1.807, 2.05) is 0 Å². The van der Waals surface area contributed by atoms with Gasteiger partial charge in [0.15, 0.2) is 0 Å². The molecule has 0 aromatic heterocycles. The molecule has 1 aromatic carbocycles.